The Labute approximate surface area is 194 Å². The monoisotopic (exact) mass is 490 g/mol. The molecule has 1 saturated heterocycles. The Kier molecular flexibility index (Phi) is 5.77. The van der Waals surface area contributed by atoms with Crippen LogP contribution < -0.4 is 10.2 Å². The van der Waals surface area contributed by atoms with Gasteiger partial charge >= 0.3 is 6.18 Å². The Hall–Kier alpha value is -3.02. The van der Waals surface area contributed by atoms with E-state index in [-0.39, 0.29) is 5.91 Å². The number of rotatable bonds is 4. The van der Waals surface area contributed by atoms with Gasteiger partial charge in [0, 0.05) is 29.7 Å². The molecule has 0 bridgehead atoms. The molecule has 2 aromatic carbocycles. The highest BCUT2D eigenvalue weighted by Gasteiger charge is 2.30. The molecule has 1 amide bonds. The van der Waals surface area contributed by atoms with Gasteiger partial charge in [0.2, 0.25) is 0 Å². The molecule has 3 heterocycles. The first-order chi connectivity index (χ1) is 15.9. The van der Waals surface area contributed by atoms with Crippen molar-refractivity contribution in [3.8, 4) is 10.6 Å². The number of hydrogen-bond acceptors (Lipinski definition) is 7. The normalized spacial score (nSPS) is 14.6. The molecular formula is C22H17F3N4O2S2. The Morgan fingerprint density at radius 2 is 1.82 bits per heavy atom. The molecule has 1 aliphatic heterocycles. The van der Waals surface area contributed by atoms with Gasteiger partial charge in [-0.3, -0.25) is 4.79 Å². The fourth-order valence-electron chi connectivity index (χ4n) is 3.39. The molecule has 0 radical (unpaired) electrons. The Balaban J connectivity index is 1.29. The maximum Gasteiger partial charge on any atom is 0.416 e. The van der Waals surface area contributed by atoms with Gasteiger partial charge in [-0.15, -0.1) is 22.7 Å². The molecule has 170 valence electrons. The van der Waals surface area contributed by atoms with E-state index in [1.54, 1.807) is 29.6 Å². The summed E-state index contributed by atoms with van der Waals surface area (Å²) in [6, 6.07) is 10.6. The zero-order valence-electron chi connectivity index (χ0n) is 17.1. The van der Waals surface area contributed by atoms with Gasteiger partial charge in [-0.25, -0.2) is 9.97 Å². The van der Waals surface area contributed by atoms with E-state index in [4.69, 9.17) is 4.74 Å². The standard InChI is InChI=1S/C22H17F3N4O2S2/c23-22(24,25)14-3-6-18-16(11-14)27-20(33-18)13-1-4-15(5-2-13)26-19(30)17-12-32-21(28-17)29-7-9-31-10-8-29/h1-6,11-12H,7-10H2,(H,26,30). The van der Waals surface area contributed by atoms with Gasteiger partial charge in [0.25, 0.3) is 5.91 Å². The quantitative estimate of drug-likeness (QED) is 0.408. The van der Waals surface area contributed by atoms with E-state index in [1.165, 1.54) is 28.7 Å². The third-order valence-corrected chi connectivity index (χ3v) is 7.10. The van der Waals surface area contributed by atoms with E-state index < -0.39 is 11.7 Å². The van der Waals surface area contributed by atoms with Crippen LogP contribution >= 0.6 is 22.7 Å². The van der Waals surface area contributed by atoms with Gasteiger partial charge in [0.05, 0.1) is 29.0 Å². The lowest BCUT2D eigenvalue weighted by Gasteiger charge is -2.25. The molecule has 2 aromatic heterocycles. The van der Waals surface area contributed by atoms with Crippen molar-refractivity contribution in [2.24, 2.45) is 0 Å². The predicted octanol–water partition coefficient (Wildman–Crippen LogP) is 5.53. The lowest BCUT2D eigenvalue weighted by atomic mass is 10.2. The second kappa shape index (κ2) is 8.73. The number of morpholine rings is 1. The zero-order chi connectivity index (χ0) is 23.0. The minimum Gasteiger partial charge on any atom is -0.378 e. The molecule has 4 aromatic rings. The fraction of sp³-hybridized carbons (Fsp3) is 0.227. The third-order valence-electron chi connectivity index (χ3n) is 5.11. The van der Waals surface area contributed by atoms with E-state index >= 15 is 0 Å². The molecule has 1 aliphatic rings. The molecule has 11 heteroatoms. The summed E-state index contributed by atoms with van der Waals surface area (Å²) >= 11 is 2.73. The number of thiazole rings is 2. The van der Waals surface area contributed by atoms with E-state index in [2.05, 4.69) is 20.2 Å². The van der Waals surface area contributed by atoms with E-state index in [0.717, 1.165) is 35.9 Å². The number of carbonyl (C=O) groups excluding carboxylic acids is 1. The summed E-state index contributed by atoms with van der Waals surface area (Å²) in [7, 11) is 0. The van der Waals surface area contributed by atoms with Crippen LogP contribution in [-0.4, -0.2) is 42.2 Å². The van der Waals surface area contributed by atoms with E-state index in [9.17, 15) is 18.0 Å². The van der Waals surface area contributed by atoms with Gasteiger partial charge in [0.1, 0.15) is 10.7 Å². The average molecular weight is 491 g/mol. The number of anilines is 2. The average Bonchev–Trinajstić information content (AvgIpc) is 3.47. The van der Waals surface area contributed by atoms with Crippen molar-refractivity contribution >= 4 is 49.6 Å². The highest BCUT2D eigenvalue weighted by atomic mass is 32.1. The molecule has 5 rings (SSSR count). The van der Waals surface area contributed by atoms with Crippen LogP contribution in [0.4, 0.5) is 24.0 Å². The van der Waals surface area contributed by atoms with Crippen LogP contribution in [0, 0.1) is 0 Å². The Morgan fingerprint density at radius 3 is 2.55 bits per heavy atom. The third kappa shape index (κ3) is 4.70. The number of alkyl halides is 3. The van der Waals surface area contributed by atoms with Crippen molar-refractivity contribution < 1.29 is 22.7 Å². The van der Waals surface area contributed by atoms with Crippen molar-refractivity contribution in [1.82, 2.24) is 9.97 Å². The highest BCUT2D eigenvalue weighted by molar-refractivity contribution is 7.21. The lowest BCUT2D eigenvalue weighted by molar-refractivity contribution is -0.137. The molecule has 1 N–H and O–H groups in total. The first-order valence-corrected chi connectivity index (χ1v) is 11.7. The van der Waals surface area contributed by atoms with Crippen LogP contribution in [0.25, 0.3) is 20.8 Å². The maximum atomic E-state index is 12.9. The topological polar surface area (TPSA) is 67.4 Å². The van der Waals surface area contributed by atoms with Crippen molar-refractivity contribution in [3.63, 3.8) is 0 Å². The largest absolute Gasteiger partial charge is 0.416 e. The van der Waals surface area contributed by atoms with Gasteiger partial charge in [-0.1, -0.05) is 0 Å². The first-order valence-electron chi connectivity index (χ1n) is 10.0. The summed E-state index contributed by atoms with van der Waals surface area (Å²) in [5.41, 5.74) is 1.28. The summed E-state index contributed by atoms with van der Waals surface area (Å²) < 4.78 is 44.8. The minimum atomic E-state index is -4.40. The number of nitrogens with one attached hydrogen (secondary N) is 1. The minimum absolute atomic E-state index is 0.307. The number of carbonyl (C=O) groups is 1. The predicted molar refractivity (Wildman–Crippen MR) is 123 cm³/mol. The number of ether oxygens (including phenoxy) is 1. The molecule has 0 unspecified atom stereocenters. The number of amides is 1. The Morgan fingerprint density at radius 1 is 1.06 bits per heavy atom. The number of benzene rings is 2. The first kappa shape index (κ1) is 21.8. The number of aromatic nitrogens is 2. The van der Waals surface area contributed by atoms with Crippen molar-refractivity contribution in [1.29, 1.82) is 0 Å². The zero-order valence-corrected chi connectivity index (χ0v) is 18.7. The fourth-order valence-corrected chi connectivity index (χ4v) is 5.20. The molecule has 1 fully saturated rings. The van der Waals surface area contributed by atoms with E-state index in [0.29, 0.717) is 39.8 Å². The van der Waals surface area contributed by atoms with Crippen LogP contribution in [0.1, 0.15) is 16.1 Å². The van der Waals surface area contributed by atoms with E-state index in [1.807, 2.05) is 0 Å². The molecule has 0 spiro atoms. The number of halogens is 3. The molecule has 0 aliphatic carbocycles. The maximum absolute atomic E-state index is 12.9. The smallest absolute Gasteiger partial charge is 0.378 e. The second-order valence-electron chi connectivity index (χ2n) is 7.35. The summed E-state index contributed by atoms with van der Waals surface area (Å²) in [5.74, 6) is -0.307. The summed E-state index contributed by atoms with van der Waals surface area (Å²) in [5, 5.41) is 5.95. The van der Waals surface area contributed by atoms with Gasteiger partial charge in [-0.2, -0.15) is 13.2 Å². The summed E-state index contributed by atoms with van der Waals surface area (Å²) in [6.45, 7) is 2.79. The summed E-state index contributed by atoms with van der Waals surface area (Å²) in [6.07, 6.45) is -4.40. The van der Waals surface area contributed by atoms with Crippen LogP contribution in [0.2, 0.25) is 0 Å². The molecule has 33 heavy (non-hydrogen) atoms. The van der Waals surface area contributed by atoms with Crippen LogP contribution in [-0.2, 0) is 10.9 Å². The van der Waals surface area contributed by atoms with Gasteiger partial charge in [-0.05, 0) is 42.5 Å². The highest BCUT2D eigenvalue weighted by Crippen LogP contribution is 2.35. The van der Waals surface area contributed by atoms with Crippen LogP contribution in [0.15, 0.2) is 47.8 Å². The van der Waals surface area contributed by atoms with Crippen molar-refractivity contribution in [2.75, 3.05) is 36.5 Å². The Bertz CT molecular complexity index is 1300. The van der Waals surface area contributed by atoms with Gasteiger partial charge in [0.15, 0.2) is 5.13 Å². The SMILES string of the molecule is O=C(Nc1ccc(-c2nc3cc(C(F)(F)F)ccc3s2)cc1)c1csc(N2CCOCC2)n1. The number of fused-ring (bicyclic) bond motifs is 1. The molecule has 0 atom stereocenters. The number of nitrogens with zero attached hydrogens (tertiary/aromatic N) is 3. The van der Waals surface area contributed by atoms with Crippen molar-refractivity contribution in [3.05, 3.63) is 59.1 Å². The molecular weight excluding hydrogens is 473 g/mol. The molecule has 6 nitrogen and oxygen atoms in total. The van der Waals surface area contributed by atoms with Gasteiger partial charge < -0.3 is 15.0 Å². The van der Waals surface area contributed by atoms with Crippen molar-refractivity contribution in [2.45, 2.75) is 6.18 Å². The van der Waals surface area contributed by atoms with Crippen LogP contribution in [0.5, 0.6) is 0 Å². The lowest BCUT2D eigenvalue weighted by Crippen LogP contribution is -2.36. The second-order valence-corrected chi connectivity index (χ2v) is 9.21. The summed E-state index contributed by atoms with van der Waals surface area (Å²) in [4.78, 5) is 23.5. The van der Waals surface area contributed by atoms with Crippen LogP contribution in [0.3, 0.4) is 0 Å². The molecule has 0 saturated carbocycles. The number of hydrogen-bond donors (Lipinski definition) is 1.